The zero-order valence-corrected chi connectivity index (χ0v) is 10.2. The molecule has 2 aromatic heterocycles. The summed E-state index contributed by atoms with van der Waals surface area (Å²) in [5.41, 5.74) is 0.794. The average molecular weight is 253 g/mol. The first-order valence-corrected chi connectivity index (χ1v) is 5.79. The van der Waals surface area contributed by atoms with Crippen molar-refractivity contribution in [2.45, 2.75) is 13.5 Å². The molecule has 0 fully saturated rings. The van der Waals surface area contributed by atoms with E-state index in [4.69, 9.17) is 9.26 Å². The summed E-state index contributed by atoms with van der Waals surface area (Å²) < 4.78 is 15.1. The van der Waals surface area contributed by atoms with Crippen LogP contribution < -0.4 is 4.74 Å². The van der Waals surface area contributed by atoms with Gasteiger partial charge >= 0.3 is 5.97 Å². The second kappa shape index (κ2) is 5.01. The lowest BCUT2D eigenvalue weighted by atomic mass is 10.4. The Labute approximate surface area is 102 Å². The van der Waals surface area contributed by atoms with Crippen molar-refractivity contribution in [3.05, 3.63) is 33.8 Å². The molecule has 0 amide bonds. The molecular formula is C11H11NO4S. The number of carbonyl (C=O) groups excluding carboxylic acids is 1. The molecular weight excluding hydrogens is 242 g/mol. The van der Waals surface area contributed by atoms with Crippen LogP contribution in [0.5, 0.6) is 5.75 Å². The van der Waals surface area contributed by atoms with Crippen molar-refractivity contribution >= 4 is 17.3 Å². The van der Waals surface area contributed by atoms with Gasteiger partial charge in [-0.05, 0) is 18.4 Å². The number of rotatable bonds is 4. The predicted molar refractivity (Wildman–Crippen MR) is 61.2 cm³/mol. The molecule has 0 saturated heterocycles. The van der Waals surface area contributed by atoms with Crippen LogP contribution >= 0.6 is 11.3 Å². The van der Waals surface area contributed by atoms with E-state index in [1.54, 1.807) is 17.5 Å². The standard InChI is InChI=1S/C11H11NO4S/c1-7-5-8(16-12-7)6-15-9-3-4-17-10(9)11(13)14-2/h3-5H,6H2,1-2H3. The highest BCUT2D eigenvalue weighted by molar-refractivity contribution is 7.12. The van der Waals surface area contributed by atoms with Gasteiger partial charge in [0.05, 0.1) is 12.8 Å². The molecule has 0 aliphatic carbocycles. The Hall–Kier alpha value is -1.82. The molecule has 0 unspecified atom stereocenters. The summed E-state index contributed by atoms with van der Waals surface area (Å²) in [4.78, 5) is 11.8. The summed E-state index contributed by atoms with van der Waals surface area (Å²) in [5.74, 6) is 0.712. The monoisotopic (exact) mass is 253 g/mol. The highest BCUT2D eigenvalue weighted by atomic mass is 32.1. The highest BCUT2D eigenvalue weighted by Crippen LogP contribution is 2.26. The summed E-state index contributed by atoms with van der Waals surface area (Å²) in [6.07, 6.45) is 0. The van der Waals surface area contributed by atoms with Crippen LogP contribution in [0.4, 0.5) is 0 Å². The molecule has 2 aromatic rings. The number of nitrogens with zero attached hydrogens (tertiary/aromatic N) is 1. The fourth-order valence-corrected chi connectivity index (χ4v) is 2.04. The first kappa shape index (κ1) is 11.7. The maximum Gasteiger partial charge on any atom is 0.351 e. The molecule has 6 heteroatoms. The van der Waals surface area contributed by atoms with Crippen molar-refractivity contribution in [1.82, 2.24) is 5.16 Å². The minimum Gasteiger partial charge on any atom is -0.484 e. The van der Waals surface area contributed by atoms with E-state index in [1.807, 2.05) is 6.92 Å². The van der Waals surface area contributed by atoms with E-state index in [0.717, 1.165) is 5.69 Å². The Balaban J connectivity index is 2.04. The maximum atomic E-state index is 11.4. The zero-order valence-electron chi connectivity index (χ0n) is 9.43. The highest BCUT2D eigenvalue weighted by Gasteiger charge is 2.15. The lowest BCUT2D eigenvalue weighted by molar-refractivity contribution is 0.0601. The molecule has 0 saturated carbocycles. The third-order valence-electron chi connectivity index (χ3n) is 2.05. The molecule has 0 bridgehead atoms. The van der Waals surface area contributed by atoms with Crippen LogP contribution in [0.1, 0.15) is 21.1 Å². The van der Waals surface area contributed by atoms with Crippen molar-refractivity contribution in [3.63, 3.8) is 0 Å². The Morgan fingerprint density at radius 1 is 1.59 bits per heavy atom. The topological polar surface area (TPSA) is 61.6 Å². The van der Waals surface area contributed by atoms with E-state index in [2.05, 4.69) is 9.89 Å². The summed E-state index contributed by atoms with van der Waals surface area (Å²) in [7, 11) is 1.34. The van der Waals surface area contributed by atoms with E-state index in [1.165, 1.54) is 18.4 Å². The van der Waals surface area contributed by atoms with E-state index in [-0.39, 0.29) is 6.61 Å². The van der Waals surface area contributed by atoms with Gasteiger partial charge < -0.3 is 14.0 Å². The normalized spacial score (nSPS) is 10.2. The minimum atomic E-state index is -0.399. The third-order valence-corrected chi connectivity index (χ3v) is 2.92. The average Bonchev–Trinajstić information content (AvgIpc) is 2.94. The fraction of sp³-hybridized carbons (Fsp3) is 0.273. The first-order valence-electron chi connectivity index (χ1n) is 4.91. The molecule has 0 aromatic carbocycles. The summed E-state index contributed by atoms with van der Waals surface area (Å²) in [6, 6.07) is 3.50. The number of ether oxygens (including phenoxy) is 2. The van der Waals surface area contributed by atoms with Gasteiger partial charge in [0, 0.05) is 6.07 Å². The van der Waals surface area contributed by atoms with Crippen LogP contribution in [-0.2, 0) is 11.3 Å². The number of esters is 1. The van der Waals surface area contributed by atoms with Crippen LogP contribution in [0, 0.1) is 6.92 Å². The molecule has 90 valence electrons. The summed E-state index contributed by atoms with van der Waals surface area (Å²) in [5, 5.41) is 5.52. The predicted octanol–water partition coefficient (Wildman–Crippen LogP) is 2.41. The van der Waals surface area contributed by atoms with E-state index in [0.29, 0.717) is 16.4 Å². The van der Waals surface area contributed by atoms with Crippen LogP contribution in [-0.4, -0.2) is 18.2 Å². The zero-order chi connectivity index (χ0) is 12.3. The number of aromatic nitrogens is 1. The Kier molecular flexibility index (Phi) is 3.43. The quantitative estimate of drug-likeness (QED) is 0.783. The lowest BCUT2D eigenvalue weighted by Crippen LogP contribution is -2.02. The number of methoxy groups -OCH3 is 1. The molecule has 0 aliphatic heterocycles. The minimum absolute atomic E-state index is 0.238. The molecule has 0 N–H and O–H groups in total. The molecule has 0 aliphatic rings. The van der Waals surface area contributed by atoms with Crippen molar-refractivity contribution in [2.75, 3.05) is 7.11 Å². The lowest BCUT2D eigenvalue weighted by Gasteiger charge is -2.03. The van der Waals surface area contributed by atoms with Gasteiger partial charge in [-0.3, -0.25) is 0 Å². The SMILES string of the molecule is COC(=O)c1sccc1OCc1cc(C)no1. The van der Waals surface area contributed by atoms with Crippen molar-refractivity contribution in [3.8, 4) is 5.75 Å². The molecule has 0 spiro atoms. The molecule has 5 nitrogen and oxygen atoms in total. The van der Waals surface area contributed by atoms with Gasteiger partial charge in [-0.1, -0.05) is 5.16 Å². The Morgan fingerprint density at radius 3 is 3.06 bits per heavy atom. The van der Waals surface area contributed by atoms with Crippen LogP contribution in [0.15, 0.2) is 22.0 Å². The smallest absolute Gasteiger partial charge is 0.351 e. The maximum absolute atomic E-state index is 11.4. The first-order chi connectivity index (χ1) is 8.20. The second-order valence-electron chi connectivity index (χ2n) is 3.33. The number of carbonyl (C=O) groups is 1. The van der Waals surface area contributed by atoms with Gasteiger partial charge in [0.25, 0.3) is 0 Å². The van der Waals surface area contributed by atoms with Gasteiger partial charge in [-0.15, -0.1) is 11.3 Å². The molecule has 2 heterocycles. The number of hydrogen-bond acceptors (Lipinski definition) is 6. The van der Waals surface area contributed by atoms with Gasteiger partial charge in [-0.2, -0.15) is 0 Å². The van der Waals surface area contributed by atoms with Gasteiger partial charge in [0.15, 0.2) is 10.6 Å². The molecule has 2 rings (SSSR count). The van der Waals surface area contributed by atoms with Crippen LogP contribution in [0.3, 0.4) is 0 Å². The van der Waals surface area contributed by atoms with Crippen molar-refractivity contribution < 1.29 is 18.8 Å². The molecule has 0 radical (unpaired) electrons. The van der Waals surface area contributed by atoms with Gasteiger partial charge in [-0.25, -0.2) is 4.79 Å². The van der Waals surface area contributed by atoms with Crippen LogP contribution in [0.25, 0.3) is 0 Å². The van der Waals surface area contributed by atoms with Gasteiger partial charge in [0.1, 0.15) is 12.4 Å². The van der Waals surface area contributed by atoms with E-state index in [9.17, 15) is 4.79 Å². The summed E-state index contributed by atoms with van der Waals surface area (Å²) >= 11 is 1.28. The Morgan fingerprint density at radius 2 is 2.41 bits per heavy atom. The van der Waals surface area contributed by atoms with Crippen molar-refractivity contribution in [1.29, 1.82) is 0 Å². The van der Waals surface area contributed by atoms with E-state index >= 15 is 0 Å². The number of hydrogen-bond donors (Lipinski definition) is 0. The van der Waals surface area contributed by atoms with Crippen LogP contribution in [0.2, 0.25) is 0 Å². The van der Waals surface area contributed by atoms with E-state index < -0.39 is 5.97 Å². The Bertz CT molecular complexity index is 517. The molecule has 0 atom stereocenters. The largest absolute Gasteiger partial charge is 0.484 e. The summed E-state index contributed by atoms with van der Waals surface area (Å²) in [6.45, 7) is 2.07. The fourth-order valence-electron chi connectivity index (χ4n) is 1.29. The number of aryl methyl sites for hydroxylation is 1. The van der Waals surface area contributed by atoms with Gasteiger partial charge in [0.2, 0.25) is 0 Å². The number of thiophene rings is 1. The second-order valence-corrected chi connectivity index (χ2v) is 4.24. The third kappa shape index (κ3) is 2.65. The van der Waals surface area contributed by atoms with Crippen molar-refractivity contribution in [2.24, 2.45) is 0 Å². The molecule has 17 heavy (non-hydrogen) atoms.